The van der Waals surface area contributed by atoms with Gasteiger partial charge in [0, 0.05) is 18.4 Å². The van der Waals surface area contributed by atoms with Gasteiger partial charge in [-0.15, -0.1) is 0 Å². The van der Waals surface area contributed by atoms with E-state index >= 15 is 0 Å². The van der Waals surface area contributed by atoms with Crippen molar-refractivity contribution < 1.29 is 19.8 Å². The third-order valence-electron chi connectivity index (χ3n) is 5.98. The summed E-state index contributed by atoms with van der Waals surface area (Å²) in [7, 11) is 0. The number of benzene rings is 2. The highest BCUT2D eigenvalue weighted by Crippen LogP contribution is 2.63. The van der Waals surface area contributed by atoms with Gasteiger partial charge in [0.1, 0.15) is 11.5 Å². The molecular weight excluding hydrogens is 342 g/mol. The predicted molar refractivity (Wildman–Crippen MR) is 100 cm³/mol. The Hall–Kier alpha value is -2.82. The van der Waals surface area contributed by atoms with Crippen molar-refractivity contribution in [2.24, 2.45) is 11.8 Å². The van der Waals surface area contributed by atoms with Crippen molar-refractivity contribution in [3.05, 3.63) is 59.7 Å². The van der Waals surface area contributed by atoms with Gasteiger partial charge in [0.2, 0.25) is 11.8 Å². The lowest BCUT2D eigenvalue weighted by Gasteiger charge is -2.46. The standard InChI is InChI=1S/C22H23NO4/c1-2-3-12-23-21(26)19-17(13-8-4-6-10-15(13)24)18(20(19)22(23)27)14-9-5-7-11-16(14)25/h4-11,17-20,24-25H,2-3,12H2,1H3/t17-,18+,19-,20-/m0/s1. The molecular formula is C22H23NO4. The molecule has 0 unspecified atom stereocenters. The minimum atomic E-state index is -0.479. The Labute approximate surface area is 158 Å². The second-order valence-electron chi connectivity index (χ2n) is 7.40. The number of fused-ring (bicyclic) bond motifs is 1. The Bertz CT molecular complexity index is 824. The van der Waals surface area contributed by atoms with Crippen molar-refractivity contribution >= 4 is 11.8 Å². The normalized spacial score (nSPS) is 26.8. The summed E-state index contributed by atoms with van der Waals surface area (Å²) in [5, 5.41) is 20.8. The minimum absolute atomic E-state index is 0.119. The van der Waals surface area contributed by atoms with Gasteiger partial charge in [-0.2, -0.15) is 0 Å². The molecule has 2 aromatic rings. The molecule has 0 radical (unpaired) electrons. The fraction of sp³-hybridized carbons (Fsp3) is 0.364. The number of rotatable bonds is 5. The Morgan fingerprint density at radius 1 is 0.778 bits per heavy atom. The molecule has 140 valence electrons. The summed E-state index contributed by atoms with van der Waals surface area (Å²) < 4.78 is 0. The van der Waals surface area contributed by atoms with Crippen LogP contribution < -0.4 is 0 Å². The summed E-state index contributed by atoms with van der Waals surface area (Å²) >= 11 is 0. The third kappa shape index (κ3) is 2.60. The Morgan fingerprint density at radius 2 is 1.22 bits per heavy atom. The minimum Gasteiger partial charge on any atom is -0.508 e. The summed E-state index contributed by atoms with van der Waals surface area (Å²) in [5.41, 5.74) is 1.32. The van der Waals surface area contributed by atoms with Crippen LogP contribution in [0, 0.1) is 11.8 Å². The molecule has 2 amide bonds. The van der Waals surface area contributed by atoms with E-state index in [-0.39, 0.29) is 35.1 Å². The van der Waals surface area contributed by atoms with Crippen LogP contribution in [-0.2, 0) is 9.59 Å². The van der Waals surface area contributed by atoms with Crippen molar-refractivity contribution in [3.63, 3.8) is 0 Å². The fourth-order valence-corrected chi connectivity index (χ4v) is 4.68. The molecule has 5 heteroatoms. The maximum Gasteiger partial charge on any atom is 0.233 e. The summed E-state index contributed by atoms with van der Waals surface area (Å²) in [5.74, 6) is -1.68. The molecule has 1 aliphatic carbocycles. The number of amides is 2. The Morgan fingerprint density at radius 3 is 1.63 bits per heavy atom. The molecule has 2 fully saturated rings. The van der Waals surface area contributed by atoms with Crippen molar-refractivity contribution in [1.82, 2.24) is 4.90 Å². The first-order valence-corrected chi connectivity index (χ1v) is 9.47. The van der Waals surface area contributed by atoms with Gasteiger partial charge in [0.25, 0.3) is 0 Å². The van der Waals surface area contributed by atoms with Crippen molar-refractivity contribution in [3.8, 4) is 11.5 Å². The van der Waals surface area contributed by atoms with E-state index in [1.54, 1.807) is 36.4 Å². The van der Waals surface area contributed by atoms with Gasteiger partial charge in [0.15, 0.2) is 0 Å². The predicted octanol–water partition coefficient (Wildman–Crippen LogP) is 3.38. The van der Waals surface area contributed by atoms with Crippen LogP contribution in [0.1, 0.15) is 42.7 Å². The van der Waals surface area contributed by atoms with E-state index in [1.807, 2.05) is 19.1 Å². The molecule has 2 N–H and O–H groups in total. The third-order valence-corrected chi connectivity index (χ3v) is 5.98. The second-order valence-corrected chi connectivity index (χ2v) is 7.40. The Balaban J connectivity index is 1.79. The topological polar surface area (TPSA) is 77.8 Å². The van der Waals surface area contributed by atoms with Gasteiger partial charge in [-0.25, -0.2) is 0 Å². The number of phenols is 2. The number of likely N-dealkylation sites (tertiary alicyclic amines) is 1. The average molecular weight is 365 g/mol. The number of unbranched alkanes of at least 4 members (excludes halogenated alkanes) is 1. The number of hydrogen-bond donors (Lipinski definition) is 2. The highest BCUT2D eigenvalue weighted by molar-refractivity contribution is 6.08. The van der Waals surface area contributed by atoms with Crippen LogP contribution in [0.5, 0.6) is 11.5 Å². The maximum absolute atomic E-state index is 13.0. The van der Waals surface area contributed by atoms with Crippen molar-refractivity contribution in [2.45, 2.75) is 31.6 Å². The van der Waals surface area contributed by atoms with Crippen molar-refractivity contribution in [2.75, 3.05) is 6.54 Å². The number of phenolic OH excluding ortho intramolecular Hbond substituents is 2. The summed E-state index contributed by atoms with van der Waals surface area (Å²) in [6.45, 7) is 2.46. The van der Waals surface area contributed by atoms with Gasteiger partial charge in [-0.3, -0.25) is 14.5 Å². The van der Waals surface area contributed by atoms with E-state index in [4.69, 9.17) is 0 Å². The first-order chi connectivity index (χ1) is 13.1. The quantitative estimate of drug-likeness (QED) is 0.797. The molecule has 1 saturated heterocycles. The highest BCUT2D eigenvalue weighted by Gasteiger charge is 2.65. The van der Waals surface area contributed by atoms with E-state index < -0.39 is 11.8 Å². The van der Waals surface area contributed by atoms with Crippen LogP contribution in [0.15, 0.2) is 48.5 Å². The van der Waals surface area contributed by atoms with E-state index in [9.17, 15) is 19.8 Å². The lowest BCUT2D eigenvalue weighted by atomic mass is 9.53. The fourth-order valence-electron chi connectivity index (χ4n) is 4.68. The van der Waals surface area contributed by atoms with Crippen LogP contribution in [0.25, 0.3) is 0 Å². The number of hydrogen-bond acceptors (Lipinski definition) is 4. The molecule has 2 aliphatic rings. The van der Waals surface area contributed by atoms with Gasteiger partial charge in [0.05, 0.1) is 11.8 Å². The lowest BCUT2D eigenvalue weighted by Crippen LogP contribution is -2.45. The van der Waals surface area contributed by atoms with Crippen LogP contribution in [-0.4, -0.2) is 33.5 Å². The van der Waals surface area contributed by atoms with Crippen LogP contribution in [0.4, 0.5) is 0 Å². The van der Waals surface area contributed by atoms with E-state index in [1.165, 1.54) is 4.90 Å². The number of aromatic hydroxyl groups is 2. The summed E-state index contributed by atoms with van der Waals surface area (Å²) in [6, 6.07) is 13.9. The maximum atomic E-state index is 13.0. The van der Waals surface area contributed by atoms with Gasteiger partial charge in [-0.1, -0.05) is 49.7 Å². The molecule has 1 heterocycles. The van der Waals surface area contributed by atoms with E-state index in [0.29, 0.717) is 17.7 Å². The van der Waals surface area contributed by atoms with Crippen LogP contribution in [0.2, 0.25) is 0 Å². The summed E-state index contributed by atoms with van der Waals surface area (Å²) in [6.07, 6.45) is 1.68. The summed E-state index contributed by atoms with van der Waals surface area (Å²) in [4.78, 5) is 27.4. The zero-order valence-corrected chi connectivity index (χ0v) is 15.2. The molecule has 0 aromatic heterocycles. The number of carbonyl (C=O) groups is 2. The molecule has 1 aliphatic heterocycles. The number of imide groups is 1. The molecule has 4 atom stereocenters. The molecule has 2 aromatic carbocycles. The zero-order chi connectivity index (χ0) is 19.1. The lowest BCUT2D eigenvalue weighted by molar-refractivity contribution is -0.139. The number of para-hydroxylation sites is 2. The van der Waals surface area contributed by atoms with Crippen LogP contribution >= 0.6 is 0 Å². The van der Waals surface area contributed by atoms with E-state index in [2.05, 4.69) is 0 Å². The van der Waals surface area contributed by atoms with Crippen molar-refractivity contribution in [1.29, 1.82) is 0 Å². The Kier molecular flexibility index (Phi) is 4.38. The monoisotopic (exact) mass is 365 g/mol. The molecule has 4 rings (SSSR count). The smallest absolute Gasteiger partial charge is 0.233 e. The first-order valence-electron chi connectivity index (χ1n) is 9.47. The van der Waals surface area contributed by atoms with Gasteiger partial charge < -0.3 is 10.2 Å². The zero-order valence-electron chi connectivity index (χ0n) is 15.2. The SMILES string of the molecule is CCCCN1C(=O)[C@@H]2[C@@H](C1=O)[C@H](c1ccccc1O)[C@@H]2c1ccccc1O. The second kappa shape index (κ2) is 6.72. The van der Waals surface area contributed by atoms with Gasteiger partial charge in [-0.05, 0) is 29.7 Å². The highest BCUT2D eigenvalue weighted by atomic mass is 16.3. The largest absolute Gasteiger partial charge is 0.508 e. The molecule has 0 spiro atoms. The number of carbonyl (C=O) groups excluding carboxylic acids is 2. The molecule has 5 nitrogen and oxygen atoms in total. The van der Waals surface area contributed by atoms with E-state index in [0.717, 1.165) is 12.8 Å². The van der Waals surface area contributed by atoms with Gasteiger partial charge >= 0.3 is 0 Å². The molecule has 0 bridgehead atoms. The average Bonchev–Trinajstić information content (AvgIpc) is 2.84. The van der Waals surface area contributed by atoms with Crippen LogP contribution in [0.3, 0.4) is 0 Å². The number of nitrogens with zero attached hydrogens (tertiary/aromatic N) is 1. The molecule has 27 heavy (non-hydrogen) atoms. The molecule has 1 saturated carbocycles. The first kappa shape index (κ1) is 17.6.